The number of hydrogen-bond donors (Lipinski definition) is 1. The van der Waals surface area contributed by atoms with Gasteiger partial charge in [0, 0.05) is 48.1 Å². The number of ether oxygens (including phenoxy) is 1. The fourth-order valence-corrected chi connectivity index (χ4v) is 6.45. The quantitative estimate of drug-likeness (QED) is 0.169. The highest BCUT2D eigenvalue weighted by atomic mass is 35.5. The third-order valence-electron chi connectivity index (χ3n) is 7.07. The van der Waals surface area contributed by atoms with Gasteiger partial charge in [-0.2, -0.15) is 0 Å². The summed E-state index contributed by atoms with van der Waals surface area (Å²) in [6.07, 6.45) is 3.20. The lowest BCUT2D eigenvalue weighted by Crippen LogP contribution is -2.50. The van der Waals surface area contributed by atoms with E-state index in [2.05, 4.69) is 5.32 Å². The SMILES string of the molecule is CCCCNC(=O)[C@H](Cc1ccccc1)N(Cc1c(Cl)cccc1Cl)C(=O)CCCN(c1ccc(OC)c(Cl)c1)S(C)(=O)=O. The van der Waals surface area contributed by atoms with E-state index in [4.69, 9.17) is 39.5 Å². The largest absolute Gasteiger partial charge is 0.495 e. The molecule has 3 aromatic carbocycles. The number of anilines is 1. The number of halogens is 3. The van der Waals surface area contributed by atoms with Crippen LogP contribution in [0.4, 0.5) is 5.69 Å². The number of unbranched alkanes of at least 4 members (excludes halogenated alkanes) is 1. The van der Waals surface area contributed by atoms with E-state index in [0.717, 1.165) is 24.7 Å². The molecule has 0 aliphatic carbocycles. The molecule has 12 heteroatoms. The highest BCUT2D eigenvalue weighted by Gasteiger charge is 2.31. The first kappa shape index (κ1) is 35.5. The van der Waals surface area contributed by atoms with Crippen LogP contribution in [0.2, 0.25) is 15.1 Å². The average molecular weight is 683 g/mol. The van der Waals surface area contributed by atoms with E-state index in [-0.39, 0.29) is 49.2 Å². The fraction of sp³-hybridized carbons (Fsp3) is 0.375. The van der Waals surface area contributed by atoms with Gasteiger partial charge in [0.15, 0.2) is 0 Å². The first-order valence-corrected chi connectivity index (χ1v) is 17.3. The van der Waals surface area contributed by atoms with Gasteiger partial charge in [-0.05, 0) is 48.7 Å². The Bertz CT molecular complexity index is 1500. The van der Waals surface area contributed by atoms with E-state index in [1.165, 1.54) is 22.4 Å². The van der Waals surface area contributed by atoms with Crippen molar-refractivity contribution in [1.82, 2.24) is 10.2 Å². The molecule has 0 bridgehead atoms. The summed E-state index contributed by atoms with van der Waals surface area (Å²) in [6.45, 7) is 2.52. The number of amides is 2. The van der Waals surface area contributed by atoms with Crippen LogP contribution in [0.25, 0.3) is 0 Å². The summed E-state index contributed by atoms with van der Waals surface area (Å²) >= 11 is 19.3. The summed E-state index contributed by atoms with van der Waals surface area (Å²) in [5.74, 6) is -0.215. The van der Waals surface area contributed by atoms with Gasteiger partial charge >= 0.3 is 0 Å². The number of sulfonamides is 1. The normalized spacial score (nSPS) is 12.0. The van der Waals surface area contributed by atoms with Gasteiger partial charge in [-0.25, -0.2) is 8.42 Å². The third-order valence-corrected chi connectivity index (χ3v) is 9.26. The van der Waals surface area contributed by atoms with Crippen LogP contribution in [-0.4, -0.2) is 57.6 Å². The Hall–Kier alpha value is -2.98. The van der Waals surface area contributed by atoms with Crippen LogP contribution in [0.5, 0.6) is 5.75 Å². The van der Waals surface area contributed by atoms with Crippen LogP contribution >= 0.6 is 34.8 Å². The predicted molar refractivity (Wildman–Crippen MR) is 178 cm³/mol. The first-order chi connectivity index (χ1) is 21.0. The lowest BCUT2D eigenvalue weighted by Gasteiger charge is -2.32. The van der Waals surface area contributed by atoms with E-state index in [1.807, 2.05) is 37.3 Å². The van der Waals surface area contributed by atoms with Gasteiger partial charge in [-0.3, -0.25) is 13.9 Å². The van der Waals surface area contributed by atoms with Gasteiger partial charge in [0.1, 0.15) is 11.8 Å². The monoisotopic (exact) mass is 681 g/mol. The van der Waals surface area contributed by atoms with Crippen molar-refractivity contribution < 1.29 is 22.7 Å². The number of nitrogens with one attached hydrogen (secondary N) is 1. The highest BCUT2D eigenvalue weighted by molar-refractivity contribution is 7.92. The number of carbonyl (C=O) groups is 2. The first-order valence-electron chi connectivity index (χ1n) is 14.3. The molecule has 0 saturated carbocycles. The Kier molecular flexibility index (Phi) is 13.6. The molecule has 0 heterocycles. The maximum Gasteiger partial charge on any atom is 0.243 e. The van der Waals surface area contributed by atoms with Gasteiger partial charge in [0.25, 0.3) is 0 Å². The van der Waals surface area contributed by atoms with E-state index in [0.29, 0.717) is 33.6 Å². The molecule has 3 rings (SSSR count). The molecule has 0 aliphatic heterocycles. The summed E-state index contributed by atoms with van der Waals surface area (Å²) in [4.78, 5) is 29.1. The van der Waals surface area contributed by atoms with Crippen molar-refractivity contribution in [1.29, 1.82) is 0 Å². The van der Waals surface area contributed by atoms with E-state index in [9.17, 15) is 18.0 Å². The summed E-state index contributed by atoms with van der Waals surface area (Å²) in [6, 6.07) is 18.4. The predicted octanol–water partition coefficient (Wildman–Crippen LogP) is 6.76. The highest BCUT2D eigenvalue weighted by Crippen LogP contribution is 2.31. The van der Waals surface area contributed by atoms with Gasteiger partial charge in [0.2, 0.25) is 21.8 Å². The van der Waals surface area contributed by atoms with Crippen molar-refractivity contribution in [2.24, 2.45) is 0 Å². The Labute approximate surface area is 275 Å². The number of rotatable bonds is 16. The minimum absolute atomic E-state index is 0.0000828. The molecule has 0 fully saturated rings. The Balaban J connectivity index is 1.92. The number of hydrogen-bond acceptors (Lipinski definition) is 5. The van der Waals surface area contributed by atoms with Crippen molar-refractivity contribution in [2.45, 2.75) is 51.6 Å². The zero-order valence-electron chi connectivity index (χ0n) is 25.1. The Morgan fingerprint density at radius 1 is 0.932 bits per heavy atom. The van der Waals surface area contributed by atoms with Gasteiger partial charge in [-0.15, -0.1) is 0 Å². The molecule has 0 aromatic heterocycles. The Morgan fingerprint density at radius 3 is 2.20 bits per heavy atom. The molecule has 0 aliphatic rings. The molecule has 238 valence electrons. The molecular formula is C32H38Cl3N3O5S. The lowest BCUT2D eigenvalue weighted by atomic mass is 10.0. The van der Waals surface area contributed by atoms with Crippen LogP contribution in [0, 0.1) is 0 Å². The minimum atomic E-state index is -3.71. The fourth-order valence-electron chi connectivity index (χ4n) is 4.73. The van der Waals surface area contributed by atoms with E-state index < -0.39 is 16.1 Å². The average Bonchev–Trinajstić information content (AvgIpc) is 2.98. The Morgan fingerprint density at radius 2 is 1.61 bits per heavy atom. The number of nitrogens with zero attached hydrogens (tertiary/aromatic N) is 2. The molecule has 1 atom stereocenters. The van der Waals surface area contributed by atoms with Crippen LogP contribution in [-0.2, 0) is 32.6 Å². The molecule has 3 aromatic rings. The molecule has 0 spiro atoms. The molecule has 8 nitrogen and oxygen atoms in total. The molecule has 0 unspecified atom stereocenters. The zero-order chi connectivity index (χ0) is 32.3. The maximum atomic E-state index is 14.0. The number of methoxy groups -OCH3 is 1. The molecule has 0 saturated heterocycles. The van der Waals surface area contributed by atoms with Gasteiger partial charge in [-0.1, -0.05) is 84.5 Å². The number of benzene rings is 3. The van der Waals surface area contributed by atoms with Crippen molar-refractivity contribution in [2.75, 3.05) is 30.8 Å². The van der Waals surface area contributed by atoms with Crippen molar-refractivity contribution >= 4 is 62.3 Å². The van der Waals surface area contributed by atoms with Gasteiger partial charge in [0.05, 0.1) is 24.1 Å². The minimum Gasteiger partial charge on any atom is -0.495 e. The van der Waals surface area contributed by atoms with Crippen LogP contribution < -0.4 is 14.4 Å². The summed E-state index contributed by atoms with van der Waals surface area (Å²) < 4.78 is 31.8. The van der Waals surface area contributed by atoms with Gasteiger partial charge < -0.3 is 15.0 Å². The number of carbonyl (C=O) groups excluding carboxylic acids is 2. The lowest BCUT2D eigenvalue weighted by molar-refractivity contribution is -0.141. The van der Waals surface area contributed by atoms with Crippen molar-refractivity contribution in [3.8, 4) is 5.75 Å². The maximum absolute atomic E-state index is 14.0. The summed E-state index contributed by atoms with van der Waals surface area (Å²) in [7, 11) is -2.24. The third kappa shape index (κ3) is 10.0. The van der Waals surface area contributed by atoms with Crippen molar-refractivity contribution in [3.63, 3.8) is 0 Å². The zero-order valence-corrected chi connectivity index (χ0v) is 28.1. The topological polar surface area (TPSA) is 96.0 Å². The van der Waals surface area contributed by atoms with Crippen LogP contribution in [0.1, 0.15) is 43.7 Å². The standard InChI is InChI=1S/C32H38Cl3N3O5S/c1-4-5-18-36-32(40)29(20-23-11-7-6-8-12-23)37(22-25-26(33)13-9-14-27(25)34)31(39)15-10-19-38(44(3,41)42)24-16-17-30(43-2)28(35)21-24/h6-9,11-14,16-17,21,29H,4-5,10,15,18-20,22H2,1-3H3,(H,36,40)/t29-/m0/s1. The molecular weight excluding hydrogens is 645 g/mol. The van der Waals surface area contributed by atoms with Crippen LogP contribution in [0.3, 0.4) is 0 Å². The smallest absolute Gasteiger partial charge is 0.243 e. The van der Waals surface area contributed by atoms with E-state index >= 15 is 0 Å². The second-order valence-corrected chi connectivity index (χ2v) is 13.5. The molecule has 1 N–H and O–H groups in total. The van der Waals surface area contributed by atoms with E-state index in [1.54, 1.807) is 30.3 Å². The molecule has 0 radical (unpaired) electrons. The van der Waals surface area contributed by atoms with Crippen LogP contribution in [0.15, 0.2) is 66.7 Å². The second-order valence-electron chi connectivity index (χ2n) is 10.3. The summed E-state index contributed by atoms with van der Waals surface area (Å²) in [5, 5.41) is 3.98. The molecule has 44 heavy (non-hydrogen) atoms. The second kappa shape index (κ2) is 16.9. The summed E-state index contributed by atoms with van der Waals surface area (Å²) in [5.41, 5.74) is 1.75. The molecule has 2 amide bonds. The van der Waals surface area contributed by atoms with Crippen molar-refractivity contribution in [3.05, 3.63) is 92.9 Å².